The quantitative estimate of drug-likeness (QED) is 0.776. The third kappa shape index (κ3) is 3.84. The maximum atomic E-state index is 10.5. The molecule has 0 aliphatic rings. The summed E-state index contributed by atoms with van der Waals surface area (Å²) in [7, 11) is 0. The Kier molecular flexibility index (Phi) is 5.24. The third-order valence-corrected chi connectivity index (χ3v) is 4.00. The molecule has 0 amide bonds. The van der Waals surface area contributed by atoms with Crippen LogP contribution < -0.4 is 4.74 Å². The minimum atomic E-state index is -0.662. The van der Waals surface area contributed by atoms with E-state index >= 15 is 0 Å². The molecule has 0 radical (unpaired) electrons. The van der Waals surface area contributed by atoms with Gasteiger partial charge in [0.15, 0.2) is 0 Å². The van der Waals surface area contributed by atoms with Crippen molar-refractivity contribution in [2.45, 2.75) is 26.1 Å². The summed E-state index contributed by atoms with van der Waals surface area (Å²) in [5.74, 6) is 0.811. The average molecular weight is 400 g/mol. The van der Waals surface area contributed by atoms with Crippen LogP contribution in [0.1, 0.15) is 31.1 Å². The van der Waals surface area contributed by atoms with E-state index < -0.39 is 6.10 Å². The summed E-state index contributed by atoms with van der Waals surface area (Å²) in [6, 6.07) is 13.3. The molecular formula is C16H16Br2O2. The van der Waals surface area contributed by atoms with E-state index in [9.17, 15) is 5.11 Å². The summed E-state index contributed by atoms with van der Waals surface area (Å²) in [5.41, 5.74) is 1.68. The molecule has 0 saturated carbocycles. The average Bonchev–Trinajstić information content (AvgIpc) is 2.38. The zero-order valence-corrected chi connectivity index (χ0v) is 14.5. The number of benzene rings is 2. The van der Waals surface area contributed by atoms with Gasteiger partial charge in [-0.1, -0.05) is 50.1 Å². The van der Waals surface area contributed by atoms with Gasteiger partial charge in [0.2, 0.25) is 0 Å². The fourth-order valence-electron chi connectivity index (χ4n) is 1.90. The number of halogens is 2. The summed E-state index contributed by atoms with van der Waals surface area (Å²) in [6.07, 6.45) is -0.517. The van der Waals surface area contributed by atoms with E-state index in [2.05, 4.69) is 31.9 Å². The Morgan fingerprint density at radius 3 is 2.20 bits per heavy atom. The molecule has 0 bridgehead atoms. The topological polar surface area (TPSA) is 29.5 Å². The Hall–Kier alpha value is -0.840. The minimum Gasteiger partial charge on any atom is -0.491 e. The standard InChI is InChI=1S/C16H16Br2O2/c1-10(2)20-13-6-3-11(4-7-13)16(19)14-8-5-12(17)9-15(14)18/h3-10,16,19H,1-2H3. The zero-order chi connectivity index (χ0) is 14.7. The van der Waals surface area contributed by atoms with Gasteiger partial charge in [-0.05, 0) is 49.2 Å². The van der Waals surface area contributed by atoms with Gasteiger partial charge in [0.1, 0.15) is 11.9 Å². The number of hydrogen-bond acceptors (Lipinski definition) is 2. The number of rotatable bonds is 4. The van der Waals surface area contributed by atoms with Crippen LogP contribution >= 0.6 is 31.9 Å². The predicted molar refractivity (Wildman–Crippen MR) is 88.1 cm³/mol. The maximum absolute atomic E-state index is 10.5. The molecule has 0 aliphatic carbocycles. The molecular weight excluding hydrogens is 384 g/mol. The molecule has 2 aromatic rings. The number of hydrogen-bond donors (Lipinski definition) is 1. The molecule has 106 valence electrons. The van der Waals surface area contributed by atoms with Crippen LogP contribution in [0.25, 0.3) is 0 Å². The van der Waals surface area contributed by atoms with Gasteiger partial charge >= 0.3 is 0 Å². The largest absolute Gasteiger partial charge is 0.491 e. The maximum Gasteiger partial charge on any atom is 0.119 e. The molecule has 1 atom stereocenters. The molecule has 4 heteroatoms. The van der Waals surface area contributed by atoms with Crippen molar-refractivity contribution in [2.75, 3.05) is 0 Å². The van der Waals surface area contributed by atoms with Gasteiger partial charge in [-0.25, -0.2) is 0 Å². The molecule has 1 unspecified atom stereocenters. The van der Waals surface area contributed by atoms with Gasteiger partial charge in [-0.15, -0.1) is 0 Å². The monoisotopic (exact) mass is 398 g/mol. The molecule has 2 nitrogen and oxygen atoms in total. The first-order valence-electron chi connectivity index (χ1n) is 6.37. The Labute approximate surface area is 136 Å². The molecule has 0 heterocycles. The van der Waals surface area contributed by atoms with E-state index in [0.717, 1.165) is 25.8 Å². The molecule has 1 N–H and O–H groups in total. The lowest BCUT2D eigenvalue weighted by Gasteiger charge is -2.15. The fraction of sp³-hybridized carbons (Fsp3) is 0.250. The molecule has 2 rings (SSSR count). The summed E-state index contributed by atoms with van der Waals surface area (Å²) in [6.45, 7) is 3.98. The van der Waals surface area contributed by atoms with Crippen molar-refractivity contribution in [3.63, 3.8) is 0 Å². The molecule has 0 aromatic heterocycles. The first-order valence-corrected chi connectivity index (χ1v) is 7.95. The lowest BCUT2D eigenvalue weighted by molar-refractivity contribution is 0.218. The van der Waals surface area contributed by atoms with E-state index in [0.29, 0.717) is 0 Å². The number of aliphatic hydroxyl groups excluding tert-OH is 1. The van der Waals surface area contributed by atoms with E-state index in [1.54, 1.807) is 0 Å². The highest BCUT2D eigenvalue weighted by Gasteiger charge is 2.14. The molecule has 0 spiro atoms. The smallest absolute Gasteiger partial charge is 0.119 e. The van der Waals surface area contributed by atoms with E-state index in [4.69, 9.17) is 4.74 Å². The summed E-state index contributed by atoms with van der Waals surface area (Å²) < 4.78 is 7.45. The Morgan fingerprint density at radius 2 is 1.65 bits per heavy atom. The van der Waals surface area contributed by atoms with Crippen molar-refractivity contribution >= 4 is 31.9 Å². The zero-order valence-electron chi connectivity index (χ0n) is 11.3. The van der Waals surface area contributed by atoms with E-state index in [1.165, 1.54) is 0 Å². The van der Waals surface area contributed by atoms with Gasteiger partial charge in [0.05, 0.1) is 6.10 Å². The van der Waals surface area contributed by atoms with Crippen LogP contribution in [0.4, 0.5) is 0 Å². The van der Waals surface area contributed by atoms with Gasteiger partial charge in [-0.3, -0.25) is 0 Å². The number of ether oxygens (including phenoxy) is 1. The highest BCUT2D eigenvalue weighted by molar-refractivity contribution is 9.11. The second kappa shape index (κ2) is 6.74. The molecule has 0 saturated heterocycles. The highest BCUT2D eigenvalue weighted by atomic mass is 79.9. The minimum absolute atomic E-state index is 0.145. The van der Waals surface area contributed by atoms with Crippen molar-refractivity contribution in [3.05, 3.63) is 62.5 Å². The van der Waals surface area contributed by atoms with Crippen LogP contribution in [0.15, 0.2) is 51.4 Å². The summed E-state index contributed by atoms with van der Waals surface area (Å²) in [4.78, 5) is 0. The van der Waals surface area contributed by atoms with Crippen LogP contribution in [-0.2, 0) is 0 Å². The molecule has 0 aliphatic heterocycles. The van der Waals surface area contributed by atoms with Crippen LogP contribution in [0.5, 0.6) is 5.75 Å². The molecule has 0 fully saturated rings. The van der Waals surface area contributed by atoms with Crippen molar-refractivity contribution in [1.82, 2.24) is 0 Å². The van der Waals surface area contributed by atoms with Gasteiger partial charge in [0, 0.05) is 8.95 Å². The molecule has 2 aromatic carbocycles. The first-order chi connectivity index (χ1) is 9.47. The number of aliphatic hydroxyl groups is 1. The lowest BCUT2D eigenvalue weighted by Crippen LogP contribution is -2.06. The van der Waals surface area contributed by atoms with Crippen molar-refractivity contribution < 1.29 is 9.84 Å². The third-order valence-electron chi connectivity index (χ3n) is 2.82. The van der Waals surface area contributed by atoms with E-state index in [1.807, 2.05) is 56.3 Å². The van der Waals surface area contributed by atoms with Gasteiger partial charge in [0.25, 0.3) is 0 Å². The lowest BCUT2D eigenvalue weighted by atomic mass is 10.0. The van der Waals surface area contributed by atoms with Gasteiger partial charge in [-0.2, -0.15) is 0 Å². The van der Waals surface area contributed by atoms with Crippen molar-refractivity contribution in [3.8, 4) is 5.75 Å². The van der Waals surface area contributed by atoms with E-state index in [-0.39, 0.29) is 6.10 Å². The van der Waals surface area contributed by atoms with Crippen molar-refractivity contribution in [1.29, 1.82) is 0 Å². The second-order valence-corrected chi connectivity index (χ2v) is 6.57. The Morgan fingerprint density at radius 1 is 1.00 bits per heavy atom. The normalized spacial score (nSPS) is 12.5. The highest BCUT2D eigenvalue weighted by Crippen LogP contribution is 2.31. The Bertz CT molecular complexity index is 580. The Balaban J connectivity index is 2.22. The van der Waals surface area contributed by atoms with Crippen LogP contribution in [-0.4, -0.2) is 11.2 Å². The van der Waals surface area contributed by atoms with Crippen LogP contribution in [0.3, 0.4) is 0 Å². The van der Waals surface area contributed by atoms with Crippen LogP contribution in [0.2, 0.25) is 0 Å². The first kappa shape index (κ1) is 15.5. The van der Waals surface area contributed by atoms with Crippen LogP contribution in [0, 0.1) is 0 Å². The fourth-order valence-corrected chi connectivity index (χ4v) is 3.17. The summed E-state index contributed by atoms with van der Waals surface area (Å²) in [5, 5.41) is 10.5. The van der Waals surface area contributed by atoms with Gasteiger partial charge < -0.3 is 9.84 Å². The SMILES string of the molecule is CC(C)Oc1ccc(C(O)c2ccc(Br)cc2Br)cc1. The summed E-state index contributed by atoms with van der Waals surface area (Å²) >= 11 is 6.88. The molecule has 20 heavy (non-hydrogen) atoms. The predicted octanol–water partition coefficient (Wildman–Crippen LogP) is 5.08. The second-order valence-electron chi connectivity index (χ2n) is 4.80. The van der Waals surface area contributed by atoms with Crippen molar-refractivity contribution in [2.24, 2.45) is 0 Å².